The average Bonchev–Trinajstić information content (AvgIpc) is 3.29. The van der Waals surface area contributed by atoms with Crippen LogP contribution in [0.3, 0.4) is 0 Å². The SMILES string of the molecule is CN1C[C@H](c2cccc([N+](=O)[O-])c2)[C@@H](C(=O)c2ccncc2)[C@]12C(=O)Nc1ccc(F)cc12. The maximum atomic E-state index is 14.3. The average molecular weight is 446 g/mol. The van der Waals surface area contributed by atoms with E-state index in [0.29, 0.717) is 22.4 Å². The van der Waals surface area contributed by atoms with Crippen LogP contribution in [0.2, 0.25) is 0 Å². The van der Waals surface area contributed by atoms with E-state index in [1.807, 2.05) is 0 Å². The summed E-state index contributed by atoms with van der Waals surface area (Å²) in [5, 5.41) is 14.2. The molecule has 3 aromatic rings. The highest BCUT2D eigenvalue weighted by Crippen LogP contribution is 2.55. The number of nitrogens with zero attached hydrogens (tertiary/aromatic N) is 3. The lowest BCUT2D eigenvalue weighted by atomic mass is 9.70. The van der Waals surface area contributed by atoms with Crippen LogP contribution in [0.5, 0.6) is 0 Å². The molecule has 2 aliphatic rings. The molecule has 1 spiro atoms. The van der Waals surface area contributed by atoms with Gasteiger partial charge >= 0.3 is 0 Å². The summed E-state index contributed by atoms with van der Waals surface area (Å²) in [4.78, 5) is 44.1. The monoisotopic (exact) mass is 446 g/mol. The number of fused-ring (bicyclic) bond motifs is 2. The zero-order chi connectivity index (χ0) is 23.3. The molecule has 1 amide bonds. The Hall–Kier alpha value is -3.98. The Morgan fingerprint density at radius 3 is 2.70 bits per heavy atom. The van der Waals surface area contributed by atoms with Crippen LogP contribution < -0.4 is 5.32 Å². The van der Waals surface area contributed by atoms with Crippen molar-refractivity contribution in [1.82, 2.24) is 9.88 Å². The molecule has 1 N–H and O–H groups in total. The number of anilines is 1. The predicted octanol–water partition coefficient (Wildman–Crippen LogP) is 3.50. The summed E-state index contributed by atoms with van der Waals surface area (Å²) < 4.78 is 14.3. The van der Waals surface area contributed by atoms with Crippen molar-refractivity contribution in [2.24, 2.45) is 5.92 Å². The van der Waals surface area contributed by atoms with E-state index in [1.54, 1.807) is 36.2 Å². The van der Waals surface area contributed by atoms with E-state index in [-0.39, 0.29) is 18.0 Å². The van der Waals surface area contributed by atoms with Gasteiger partial charge in [0.15, 0.2) is 5.78 Å². The Bertz CT molecular complexity index is 1300. The number of carbonyl (C=O) groups is 2. The third kappa shape index (κ3) is 3.04. The molecule has 0 radical (unpaired) electrons. The number of likely N-dealkylation sites (tertiary alicyclic amines) is 1. The molecule has 2 aromatic carbocycles. The maximum absolute atomic E-state index is 14.3. The van der Waals surface area contributed by atoms with E-state index >= 15 is 0 Å². The molecule has 0 bridgehead atoms. The van der Waals surface area contributed by atoms with Gasteiger partial charge in [0, 0.05) is 53.8 Å². The Morgan fingerprint density at radius 1 is 1.21 bits per heavy atom. The first-order valence-corrected chi connectivity index (χ1v) is 10.4. The van der Waals surface area contributed by atoms with Crippen LogP contribution in [0.4, 0.5) is 15.8 Å². The Kier molecular flexibility index (Phi) is 4.79. The number of pyridine rings is 1. The number of hydrogen-bond donors (Lipinski definition) is 1. The molecule has 1 aromatic heterocycles. The van der Waals surface area contributed by atoms with Crippen molar-refractivity contribution >= 4 is 23.1 Å². The minimum Gasteiger partial charge on any atom is -0.324 e. The number of nitro groups is 1. The van der Waals surface area contributed by atoms with Gasteiger partial charge in [0.25, 0.3) is 5.69 Å². The summed E-state index contributed by atoms with van der Waals surface area (Å²) in [5.41, 5.74) is 0.188. The fraction of sp³-hybridized carbons (Fsp3) is 0.208. The first-order chi connectivity index (χ1) is 15.8. The number of likely N-dealkylation sites (N-methyl/N-ethyl adjacent to an activating group) is 1. The number of benzene rings is 2. The number of non-ortho nitro benzene ring substituents is 1. The second-order valence-electron chi connectivity index (χ2n) is 8.33. The van der Waals surface area contributed by atoms with Crippen LogP contribution in [-0.2, 0) is 10.3 Å². The van der Waals surface area contributed by atoms with Crippen LogP contribution in [0.1, 0.15) is 27.4 Å². The molecule has 33 heavy (non-hydrogen) atoms. The number of nitrogens with one attached hydrogen (secondary N) is 1. The predicted molar refractivity (Wildman–Crippen MR) is 117 cm³/mol. The van der Waals surface area contributed by atoms with Gasteiger partial charge in [-0.15, -0.1) is 0 Å². The summed E-state index contributed by atoms with van der Waals surface area (Å²) in [6.45, 7) is 0.270. The van der Waals surface area contributed by atoms with Crippen molar-refractivity contribution < 1.29 is 18.9 Å². The number of nitro benzene ring substituents is 1. The Morgan fingerprint density at radius 2 is 1.97 bits per heavy atom. The number of halogens is 1. The minimum absolute atomic E-state index is 0.103. The van der Waals surface area contributed by atoms with E-state index in [1.165, 1.54) is 42.7 Å². The van der Waals surface area contributed by atoms with Gasteiger partial charge in [0.05, 0.1) is 10.8 Å². The summed E-state index contributed by atoms with van der Waals surface area (Å²) in [6, 6.07) is 13.3. The highest BCUT2D eigenvalue weighted by molar-refractivity contribution is 6.12. The van der Waals surface area contributed by atoms with E-state index in [0.717, 1.165) is 0 Å². The van der Waals surface area contributed by atoms with Gasteiger partial charge < -0.3 is 5.32 Å². The highest BCUT2D eigenvalue weighted by atomic mass is 19.1. The molecule has 5 rings (SSSR count). The maximum Gasteiger partial charge on any atom is 0.269 e. The minimum atomic E-state index is -1.47. The van der Waals surface area contributed by atoms with E-state index in [9.17, 15) is 24.1 Å². The van der Waals surface area contributed by atoms with Gasteiger partial charge in [-0.3, -0.25) is 29.6 Å². The fourth-order valence-electron chi connectivity index (χ4n) is 5.28. The van der Waals surface area contributed by atoms with Crippen molar-refractivity contribution in [3.8, 4) is 0 Å². The summed E-state index contributed by atoms with van der Waals surface area (Å²) in [6.07, 6.45) is 2.98. The zero-order valence-corrected chi connectivity index (χ0v) is 17.6. The number of Topliss-reactive ketones (excluding diaryl/α,β-unsaturated/α-hetero) is 1. The number of amides is 1. The van der Waals surface area contributed by atoms with Crippen LogP contribution >= 0.6 is 0 Å². The highest BCUT2D eigenvalue weighted by Gasteiger charge is 2.64. The lowest BCUT2D eigenvalue weighted by molar-refractivity contribution is -0.384. The zero-order valence-electron chi connectivity index (χ0n) is 17.6. The molecule has 0 saturated carbocycles. The molecule has 9 heteroatoms. The van der Waals surface area contributed by atoms with Crippen molar-refractivity contribution in [2.45, 2.75) is 11.5 Å². The molecular formula is C24H19FN4O4. The van der Waals surface area contributed by atoms with Crippen LogP contribution in [0.25, 0.3) is 0 Å². The van der Waals surface area contributed by atoms with Crippen LogP contribution in [-0.4, -0.2) is 40.1 Å². The Labute approximate surface area is 188 Å². The van der Waals surface area contributed by atoms with E-state index < -0.39 is 34.0 Å². The Balaban J connectivity index is 1.74. The molecule has 3 atom stereocenters. The molecule has 0 aliphatic carbocycles. The summed E-state index contributed by atoms with van der Waals surface area (Å²) >= 11 is 0. The van der Waals surface area contributed by atoms with Crippen LogP contribution in [0.15, 0.2) is 67.0 Å². The number of hydrogen-bond acceptors (Lipinski definition) is 6. The smallest absolute Gasteiger partial charge is 0.269 e. The van der Waals surface area contributed by atoms with Gasteiger partial charge in [-0.1, -0.05) is 12.1 Å². The third-order valence-electron chi connectivity index (χ3n) is 6.67. The standard InChI is InChI=1S/C24H19FN4O4/c1-28-13-18(15-3-2-4-17(11-15)29(32)33)21(22(30)14-7-9-26-10-8-14)24(28)19-12-16(25)5-6-20(19)27-23(24)31/h2-12,18,21H,13H2,1H3,(H,27,31)/t18-,21+,24-/m1/s1. The largest absolute Gasteiger partial charge is 0.324 e. The second-order valence-corrected chi connectivity index (χ2v) is 8.33. The molecule has 166 valence electrons. The molecule has 2 aliphatic heterocycles. The van der Waals surface area contributed by atoms with Crippen molar-refractivity contribution in [2.75, 3.05) is 18.9 Å². The quantitative estimate of drug-likeness (QED) is 0.374. The van der Waals surface area contributed by atoms with Gasteiger partial charge in [0.2, 0.25) is 5.91 Å². The molecule has 1 saturated heterocycles. The van der Waals surface area contributed by atoms with Gasteiger partial charge in [0.1, 0.15) is 11.4 Å². The lowest BCUT2D eigenvalue weighted by Gasteiger charge is -2.35. The summed E-state index contributed by atoms with van der Waals surface area (Å²) in [5.74, 6) is -2.76. The van der Waals surface area contributed by atoms with E-state index in [4.69, 9.17) is 0 Å². The van der Waals surface area contributed by atoms with Crippen molar-refractivity contribution in [1.29, 1.82) is 0 Å². The first-order valence-electron chi connectivity index (χ1n) is 10.4. The second kappa shape index (κ2) is 7.56. The molecule has 8 nitrogen and oxygen atoms in total. The molecule has 0 unspecified atom stereocenters. The normalized spacial score (nSPS) is 24.0. The van der Waals surface area contributed by atoms with Gasteiger partial charge in [-0.05, 0) is 42.9 Å². The lowest BCUT2D eigenvalue weighted by Crippen LogP contribution is -2.51. The topological polar surface area (TPSA) is 105 Å². The number of aromatic nitrogens is 1. The van der Waals surface area contributed by atoms with Crippen molar-refractivity contribution in [3.05, 3.63) is 99.6 Å². The van der Waals surface area contributed by atoms with Gasteiger partial charge in [-0.25, -0.2) is 4.39 Å². The van der Waals surface area contributed by atoms with Crippen LogP contribution in [0, 0.1) is 21.8 Å². The summed E-state index contributed by atoms with van der Waals surface area (Å²) in [7, 11) is 1.71. The molecule has 3 heterocycles. The fourth-order valence-corrected chi connectivity index (χ4v) is 5.28. The van der Waals surface area contributed by atoms with E-state index in [2.05, 4.69) is 10.3 Å². The molecular weight excluding hydrogens is 427 g/mol. The number of rotatable bonds is 4. The number of carbonyl (C=O) groups excluding carboxylic acids is 2. The first kappa shape index (κ1) is 20.9. The molecule has 1 fully saturated rings. The van der Waals surface area contributed by atoms with Gasteiger partial charge in [-0.2, -0.15) is 0 Å². The number of ketones is 1. The third-order valence-corrected chi connectivity index (χ3v) is 6.67. The van der Waals surface area contributed by atoms with Crippen molar-refractivity contribution in [3.63, 3.8) is 0 Å².